The first-order chi connectivity index (χ1) is 15.5. The Morgan fingerprint density at radius 1 is 1.06 bits per heavy atom. The van der Waals surface area contributed by atoms with Crippen molar-refractivity contribution >= 4 is 0 Å². The zero-order chi connectivity index (χ0) is 24.0. The molecule has 4 aliphatic carbocycles. The van der Waals surface area contributed by atoms with Gasteiger partial charge in [0.2, 0.25) is 0 Å². The number of aliphatic hydroxyl groups is 3. The van der Waals surface area contributed by atoms with Crippen LogP contribution >= 0.6 is 0 Å². The largest absolute Gasteiger partial charge is 0.390 e. The topological polar surface area (TPSA) is 60.7 Å². The molecule has 0 heterocycles. The van der Waals surface area contributed by atoms with Crippen LogP contribution < -0.4 is 0 Å². The Hall–Kier alpha value is -1.16. The van der Waals surface area contributed by atoms with E-state index in [0.717, 1.165) is 23.5 Å². The molecule has 4 aliphatic rings. The maximum Gasteiger partial charge on any atom is 0.0814 e. The molecule has 1 unspecified atom stereocenters. The Kier molecular flexibility index (Phi) is 7.16. The van der Waals surface area contributed by atoms with Gasteiger partial charge in [-0.1, -0.05) is 57.2 Å². The van der Waals surface area contributed by atoms with Gasteiger partial charge in [0.25, 0.3) is 0 Å². The molecular formula is C30H46O3. The Morgan fingerprint density at radius 3 is 2.48 bits per heavy atom. The quantitative estimate of drug-likeness (QED) is 0.424. The summed E-state index contributed by atoms with van der Waals surface area (Å²) in [5, 5.41) is 31.4. The lowest BCUT2D eigenvalue weighted by molar-refractivity contribution is 0.00362. The molecule has 4 fully saturated rings. The van der Waals surface area contributed by atoms with Gasteiger partial charge in [-0.3, -0.25) is 0 Å². The first kappa shape index (κ1) is 24.9. The van der Waals surface area contributed by atoms with Gasteiger partial charge in [-0.25, -0.2) is 0 Å². The van der Waals surface area contributed by atoms with Crippen molar-refractivity contribution in [1.82, 2.24) is 0 Å². The monoisotopic (exact) mass is 454 g/mol. The van der Waals surface area contributed by atoms with Crippen molar-refractivity contribution in [2.45, 2.75) is 103 Å². The minimum atomic E-state index is -0.867. The van der Waals surface area contributed by atoms with Crippen LogP contribution in [0, 0.1) is 35.0 Å². The standard InChI is InChI=1S/C30H46O3/c1-19(8-15-27(31)20(2)22-9-10-22)25-13-14-26-23(7-6-16-30(25,26)5)11-12-24-17-29(4,33)18-28(32)21(24)3/h8,11-12,15,19-20,22,25-28,31-33H,3,6-7,9-10,13-14,16-18H2,1-2,4-5H3/b15-8+,23-11+,24-12-/t19-,20+,25-,26+,27-,28+,29+,30?/m1/s1. The van der Waals surface area contributed by atoms with Crippen molar-refractivity contribution in [3.8, 4) is 0 Å². The van der Waals surface area contributed by atoms with Crippen LogP contribution in [0.25, 0.3) is 0 Å². The van der Waals surface area contributed by atoms with E-state index in [1.165, 1.54) is 44.1 Å². The average molecular weight is 455 g/mol. The van der Waals surface area contributed by atoms with E-state index in [9.17, 15) is 15.3 Å². The first-order valence-electron chi connectivity index (χ1n) is 13.4. The van der Waals surface area contributed by atoms with Crippen LogP contribution in [-0.4, -0.2) is 33.1 Å². The van der Waals surface area contributed by atoms with E-state index in [2.05, 4.69) is 51.7 Å². The first-order valence-corrected chi connectivity index (χ1v) is 13.4. The number of hydrogen-bond acceptors (Lipinski definition) is 3. The van der Waals surface area contributed by atoms with E-state index < -0.39 is 11.7 Å². The highest BCUT2D eigenvalue weighted by molar-refractivity contribution is 5.39. The molecule has 0 aromatic carbocycles. The van der Waals surface area contributed by atoms with Gasteiger partial charge in [0.15, 0.2) is 0 Å². The van der Waals surface area contributed by atoms with Crippen molar-refractivity contribution in [2.24, 2.45) is 35.0 Å². The molecule has 4 rings (SSSR count). The summed E-state index contributed by atoms with van der Waals surface area (Å²) in [7, 11) is 0. The third kappa shape index (κ3) is 5.26. The van der Waals surface area contributed by atoms with Crippen LogP contribution in [0.2, 0.25) is 0 Å². The lowest BCUT2D eigenvalue weighted by Gasteiger charge is -2.44. The number of hydrogen-bond donors (Lipinski definition) is 3. The van der Waals surface area contributed by atoms with Crippen LogP contribution in [0.1, 0.15) is 85.5 Å². The zero-order valence-corrected chi connectivity index (χ0v) is 21.3. The van der Waals surface area contributed by atoms with E-state index in [1.54, 1.807) is 6.92 Å². The third-order valence-corrected chi connectivity index (χ3v) is 9.71. The van der Waals surface area contributed by atoms with E-state index in [-0.39, 0.29) is 6.10 Å². The van der Waals surface area contributed by atoms with E-state index >= 15 is 0 Å². The molecule has 0 bridgehead atoms. The average Bonchev–Trinajstić information content (AvgIpc) is 3.53. The molecule has 0 aromatic rings. The van der Waals surface area contributed by atoms with Crippen LogP contribution in [0.3, 0.4) is 0 Å². The maximum atomic E-state index is 10.6. The molecule has 33 heavy (non-hydrogen) atoms. The Morgan fingerprint density at radius 2 is 1.79 bits per heavy atom. The Labute approximate surface area is 201 Å². The van der Waals surface area contributed by atoms with E-state index in [0.29, 0.717) is 41.9 Å². The van der Waals surface area contributed by atoms with Crippen LogP contribution in [0.15, 0.2) is 47.6 Å². The second-order valence-corrected chi connectivity index (χ2v) is 12.4. The van der Waals surface area contributed by atoms with Gasteiger partial charge in [-0.05, 0) is 98.0 Å². The van der Waals surface area contributed by atoms with Gasteiger partial charge < -0.3 is 15.3 Å². The summed E-state index contributed by atoms with van der Waals surface area (Å²) in [6.07, 6.45) is 17.4. The molecule has 8 atom stereocenters. The summed E-state index contributed by atoms with van der Waals surface area (Å²) in [4.78, 5) is 0. The van der Waals surface area contributed by atoms with Gasteiger partial charge in [0, 0.05) is 12.8 Å². The number of allylic oxidation sites excluding steroid dienone is 4. The summed E-state index contributed by atoms with van der Waals surface area (Å²) < 4.78 is 0. The molecule has 4 saturated carbocycles. The highest BCUT2D eigenvalue weighted by Gasteiger charge is 2.50. The summed E-state index contributed by atoms with van der Waals surface area (Å²) in [6, 6.07) is 0. The second-order valence-electron chi connectivity index (χ2n) is 12.4. The fourth-order valence-corrected chi connectivity index (χ4v) is 7.37. The van der Waals surface area contributed by atoms with Crippen molar-refractivity contribution in [1.29, 1.82) is 0 Å². The summed E-state index contributed by atoms with van der Waals surface area (Å²) in [6.45, 7) is 12.9. The summed E-state index contributed by atoms with van der Waals surface area (Å²) in [5.41, 5.74) is 2.72. The SMILES string of the molecule is C=C1/C(=C\C=C2/CCCC3(C)[C@@H]([C@H](C)/C=C/[C@@H](O)[C@@H](C)C4CC4)CC[C@@H]23)C[C@](C)(O)C[C@@H]1O. The van der Waals surface area contributed by atoms with Crippen LogP contribution in [-0.2, 0) is 0 Å². The molecule has 184 valence electrons. The molecule has 0 amide bonds. The molecule has 3 N–H and O–H groups in total. The minimum Gasteiger partial charge on any atom is -0.390 e. The van der Waals surface area contributed by atoms with Gasteiger partial charge in [0.1, 0.15) is 0 Å². The van der Waals surface area contributed by atoms with E-state index in [1.807, 2.05) is 0 Å². The lowest BCUT2D eigenvalue weighted by Crippen LogP contribution is -2.37. The highest BCUT2D eigenvalue weighted by Crippen LogP contribution is 2.59. The second kappa shape index (κ2) is 9.47. The molecule has 0 radical (unpaired) electrons. The highest BCUT2D eigenvalue weighted by atomic mass is 16.3. The predicted molar refractivity (Wildman–Crippen MR) is 136 cm³/mol. The van der Waals surface area contributed by atoms with Crippen LogP contribution in [0.5, 0.6) is 0 Å². The fraction of sp³-hybridized carbons (Fsp3) is 0.733. The number of fused-ring (bicyclic) bond motifs is 1. The fourth-order valence-electron chi connectivity index (χ4n) is 7.37. The number of rotatable bonds is 6. The number of aliphatic hydroxyl groups excluding tert-OH is 2. The molecule has 3 heteroatoms. The van der Waals surface area contributed by atoms with Gasteiger partial charge in [0.05, 0.1) is 17.8 Å². The molecule has 0 aromatic heterocycles. The smallest absolute Gasteiger partial charge is 0.0814 e. The summed E-state index contributed by atoms with van der Waals surface area (Å²) in [5.74, 6) is 2.82. The molecule has 0 spiro atoms. The lowest BCUT2D eigenvalue weighted by atomic mass is 9.61. The molecule has 3 nitrogen and oxygen atoms in total. The Bertz CT molecular complexity index is 829. The van der Waals surface area contributed by atoms with Crippen LogP contribution in [0.4, 0.5) is 0 Å². The normalized spacial score (nSPS) is 42.6. The van der Waals surface area contributed by atoms with Crippen molar-refractivity contribution < 1.29 is 15.3 Å². The van der Waals surface area contributed by atoms with Crippen molar-refractivity contribution in [3.63, 3.8) is 0 Å². The minimum absolute atomic E-state index is 0.300. The summed E-state index contributed by atoms with van der Waals surface area (Å²) >= 11 is 0. The van der Waals surface area contributed by atoms with Gasteiger partial charge in [-0.2, -0.15) is 0 Å². The predicted octanol–water partition coefficient (Wildman–Crippen LogP) is 6.12. The Balaban J connectivity index is 1.47. The van der Waals surface area contributed by atoms with Crippen molar-refractivity contribution in [3.05, 3.63) is 47.6 Å². The third-order valence-electron chi connectivity index (χ3n) is 9.71. The molecule has 0 aliphatic heterocycles. The van der Waals surface area contributed by atoms with Crippen molar-refractivity contribution in [2.75, 3.05) is 0 Å². The van der Waals surface area contributed by atoms with Gasteiger partial charge >= 0.3 is 0 Å². The molecular weight excluding hydrogens is 408 g/mol. The van der Waals surface area contributed by atoms with E-state index in [4.69, 9.17) is 0 Å². The molecule has 0 saturated heterocycles. The van der Waals surface area contributed by atoms with Gasteiger partial charge in [-0.15, -0.1) is 0 Å². The zero-order valence-electron chi connectivity index (χ0n) is 21.3. The maximum absolute atomic E-state index is 10.6.